The number of hydrogen-bond acceptors (Lipinski definition) is 3. The van der Waals surface area contributed by atoms with E-state index < -0.39 is 0 Å². The van der Waals surface area contributed by atoms with E-state index in [1.807, 2.05) is 30.3 Å². The minimum absolute atomic E-state index is 0.507. The Labute approximate surface area is 133 Å². The Balaban J connectivity index is 2.02. The second-order valence-corrected chi connectivity index (χ2v) is 6.30. The molecule has 0 unspecified atom stereocenters. The van der Waals surface area contributed by atoms with Crippen molar-refractivity contribution in [1.82, 2.24) is 0 Å². The van der Waals surface area contributed by atoms with Crippen LogP contribution in [0.3, 0.4) is 0 Å². The molecule has 96 valence electrons. The average Bonchev–Trinajstić information content (AvgIpc) is 2.42. The van der Waals surface area contributed by atoms with Gasteiger partial charge >= 0.3 is 0 Å². The van der Waals surface area contributed by atoms with E-state index in [2.05, 4.69) is 37.9 Å². The Kier molecular flexibility index (Phi) is 5.32. The molecule has 0 fully saturated rings. The summed E-state index contributed by atoms with van der Waals surface area (Å²) in [6.07, 6.45) is 0. The van der Waals surface area contributed by atoms with Crippen LogP contribution in [-0.4, -0.2) is 5.94 Å². The topological polar surface area (TPSA) is 33.0 Å². The second kappa shape index (κ2) is 6.99. The highest BCUT2D eigenvalue weighted by molar-refractivity contribution is 9.11. The molecule has 0 saturated heterocycles. The first-order valence-corrected chi connectivity index (χ1v) is 7.97. The summed E-state index contributed by atoms with van der Waals surface area (Å²) in [6.45, 7) is 0. The monoisotopic (exact) mass is 397 g/mol. The van der Waals surface area contributed by atoms with Crippen LogP contribution >= 0.6 is 43.6 Å². The number of halogens is 2. The quantitative estimate of drug-likeness (QED) is 0.523. The smallest absolute Gasteiger partial charge is 0.149 e. The Bertz CT molecular complexity index is 588. The molecule has 0 atom stereocenters. The second-order valence-electron chi connectivity index (χ2n) is 3.60. The summed E-state index contributed by atoms with van der Waals surface area (Å²) in [7, 11) is 0. The van der Waals surface area contributed by atoms with Crippen molar-refractivity contribution in [3.05, 3.63) is 57.0 Å². The van der Waals surface area contributed by atoms with E-state index in [4.69, 9.17) is 10.00 Å². The van der Waals surface area contributed by atoms with Crippen molar-refractivity contribution < 1.29 is 4.74 Å². The zero-order chi connectivity index (χ0) is 13.7. The van der Waals surface area contributed by atoms with Crippen LogP contribution in [-0.2, 0) is 0 Å². The number of thioether (sulfide) groups is 1. The molecule has 19 heavy (non-hydrogen) atoms. The molecule has 0 saturated carbocycles. The average molecular weight is 399 g/mol. The maximum atomic E-state index is 8.87. The van der Waals surface area contributed by atoms with Crippen molar-refractivity contribution in [1.29, 1.82) is 5.26 Å². The number of benzene rings is 2. The molecule has 2 aromatic rings. The maximum Gasteiger partial charge on any atom is 0.149 e. The summed E-state index contributed by atoms with van der Waals surface area (Å²) in [5.74, 6) is 1.22. The van der Waals surface area contributed by atoms with Crippen molar-refractivity contribution >= 4 is 43.6 Å². The predicted molar refractivity (Wildman–Crippen MR) is 84.4 cm³/mol. The fraction of sp³-hybridized carbons (Fsp3) is 0.0714. The summed E-state index contributed by atoms with van der Waals surface area (Å²) in [6, 6.07) is 15.6. The molecule has 2 aromatic carbocycles. The van der Waals surface area contributed by atoms with E-state index in [-0.39, 0.29) is 0 Å². The minimum atomic E-state index is 0.507. The van der Waals surface area contributed by atoms with Gasteiger partial charge in [0.2, 0.25) is 0 Å². The lowest BCUT2D eigenvalue weighted by molar-refractivity contribution is 0.388. The summed E-state index contributed by atoms with van der Waals surface area (Å²) < 4.78 is 7.27. The van der Waals surface area contributed by atoms with Crippen LogP contribution in [0, 0.1) is 11.3 Å². The van der Waals surface area contributed by atoms with Gasteiger partial charge in [-0.15, -0.1) is 0 Å². The van der Waals surface area contributed by atoms with Gasteiger partial charge in [0.25, 0.3) is 0 Å². The van der Waals surface area contributed by atoms with Crippen LogP contribution < -0.4 is 4.74 Å². The van der Waals surface area contributed by atoms with Crippen molar-refractivity contribution in [3.63, 3.8) is 0 Å². The molecule has 0 aromatic heterocycles. The molecule has 2 nitrogen and oxygen atoms in total. The summed E-state index contributed by atoms with van der Waals surface area (Å²) in [5.41, 5.74) is 0.585. The first kappa shape index (κ1) is 14.4. The van der Waals surface area contributed by atoms with Gasteiger partial charge in [0, 0.05) is 4.90 Å². The molecule has 0 aliphatic carbocycles. The molecule has 0 aliphatic rings. The molecule has 0 bridgehead atoms. The fourth-order valence-corrected chi connectivity index (χ4v) is 3.51. The molecule has 0 N–H and O–H groups in total. The largest absolute Gasteiger partial charge is 0.480 e. The van der Waals surface area contributed by atoms with Crippen LogP contribution in [0.1, 0.15) is 5.56 Å². The lowest BCUT2D eigenvalue weighted by Crippen LogP contribution is -1.95. The number of ether oxygens (including phenoxy) is 1. The molecule has 5 heteroatoms. The van der Waals surface area contributed by atoms with Crippen LogP contribution in [0.4, 0.5) is 0 Å². The summed E-state index contributed by atoms with van der Waals surface area (Å²) in [5, 5.41) is 8.87. The highest BCUT2D eigenvalue weighted by Gasteiger charge is 2.09. The highest BCUT2D eigenvalue weighted by atomic mass is 79.9. The molecule has 2 rings (SSSR count). The third-order valence-electron chi connectivity index (χ3n) is 2.30. The van der Waals surface area contributed by atoms with E-state index in [1.165, 1.54) is 0 Å². The molecule has 0 amide bonds. The standard InChI is InChI=1S/C14H9Br2NOS/c15-12-6-10(8-17)7-13(16)14(12)18-9-19-11-4-2-1-3-5-11/h1-7H,9H2. The fourth-order valence-electron chi connectivity index (χ4n) is 1.44. The van der Waals surface area contributed by atoms with Crippen molar-refractivity contribution in [2.24, 2.45) is 0 Å². The van der Waals surface area contributed by atoms with E-state index >= 15 is 0 Å². The Morgan fingerprint density at radius 2 is 1.74 bits per heavy atom. The zero-order valence-electron chi connectivity index (χ0n) is 9.77. The Hall–Kier alpha value is -0.960. The SMILES string of the molecule is N#Cc1cc(Br)c(OCSc2ccccc2)c(Br)c1. The van der Waals surface area contributed by atoms with Gasteiger partial charge in [-0.25, -0.2) is 0 Å². The number of rotatable bonds is 4. The van der Waals surface area contributed by atoms with Gasteiger partial charge in [-0.3, -0.25) is 0 Å². The normalized spacial score (nSPS) is 9.95. The van der Waals surface area contributed by atoms with Gasteiger partial charge < -0.3 is 4.74 Å². The van der Waals surface area contributed by atoms with Crippen molar-refractivity contribution in [3.8, 4) is 11.8 Å². The van der Waals surface area contributed by atoms with Crippen molar-refractivity contribution in [2.45, 2.75) is 4.90 Å². The van der Waals surface area contributed by atoms with Gasteiger partial charge in [0.15, 0.2) is 0 Å². The molecule has 0 spiro atoms. The zero-order valence-corrected chi connectivity index (χ0v) is 13.8. The first-order chi connectivity index (χ1) is 9.20. The van der Waals surface area contributed by atoms with Gasteiger partial charge in [0.1, 0.15) is 11.7 Å². The highest BCUT2D eigenvalue weighted by Crippen LogP contribution is 2.35. The lowest BCUT2D eigenvalue weighted by atomic mass is 10.2. The number of hydrogen-bond donors (Lipinski definition) is 0. The predicted octanol–water partition coefficient (Wildman–Crippen LogP) is 5.21. The van der Waals surface area contributed by atoms with E-state index in [0.29, 0.717) is 17.3 Å². The van der Waals surface area contributed by atoms with Crippen LogP contribution in [0.15, 0.2) is 56.3 Å². The van der Waals surface area contributed by atoms with Crippen molar-refractivity contribution in [2.75, 3.05) is 5.94 Å². The van der Waals surface area contributed by atoms with Crippen LogP contribution in [0.2, 0.25) is 0 Å². The number of nitrogens with zero attached hydrogens (tertiary/aromatic N) is 1. The number of nitriles is 1. The van der Waals surface area contributed by atoms with Crippen LogP contribution in [0.5, 0.6) is 5.75 Å². The summed E-state index contributed by atoms with van der Waals surface area (Å²) >= 11 is 8.43. The Morgan fingerprint density at radius 3 is 2.32 bits per heavy atom. The molecule has 0 radical (unpaired) electrons. The van der Waals surface area contributed by atoms with Gasteiger partial charge in [-0.2, -0.15) is 5.26 Å². The van der Waals surface area contributed by atoms with Gasteiger partial charge in [-0.1, -0.05) is 30.0 Å². The van der Waals surface area contributed by atoms with E-state index in [9.17, 15) is 0 Å². The first-order valence-electron chi connectivity index (χ1n) is 5.40. The third-order valence-corrected chi connectivity index (χ3v) is 4.32. The third kappa shape index (κ3) is 4.00. The summed E-state index contributed by atoms with van der Waals surface area (Å²) in [4.78, 5) is 1.16. The molecular weight excluding hydrogens is 390 g/mol. The maximum absolute atomic E-state index is 8.87. The van der Waals surface area contributed by atoms with E-state index in [0.717, 1.165) is 13.8 Å². The molecule has 0 aliphatic heterocycles. The molecular formula is C14H9Br2NOS. The minimum Gasteiger partial charge on any atom is -0.480 e. The Morgan fingerprint density at radius 1 is 1.11 bits per heavy atom. The molecule has 0 heterocycles. The van der Waals surface area contributed by atoms with E-state index in [1.54, 1.807) is 23.9 Å². The van der Waals surface area contributed by atoms with Gasteiger partial charge in [0.05, 0.1) is 20.6 Å². The lowest BCUT2D eigenvalue weighted by Gasteiger charge is -2.10. The van der Waals surface area contributed by atoms with Gasteiger partial charge in [-0.05, 0) is 56.1 Å². The van der Waals surface area contributed by atoms with Crippen LogP contribution in [0.25, 0.3) is 0 Å².